The van der Waals surface area contributed by atoms with Gasteiger partial charge in [0.2, 0.25) is 0 Å². The maximum Gasteiger partial charge on any atom is 0.356 e. The summed E-state index contributed by atoms with van der Waals surface area (Å²) < 4.78 is 5.32. The highest BCUT2D eigenvalue weighted by atomic mass is 79.9. The minimum absolute atomic E-state index is 0.176. The van der Waals surface area contributed by atoms with E-state index in [-0.39, 0.29) is 5.69 Å². The normalized spacial score (nSPS) is 9.94. The van der Waals surface area contributed by atoms with Crippen LogP contribution >= 0.6 is 15.9 Å². The number of pyridine rings is 1. The zero-order valence-corrected chi connectivity index (χ0v) is 10.5. The summed E-state index contributed by atoms with van der Waals surface area (Å²) in [6.45, 7) is 0. The lowest BCUT2D eigenvalue weighted by Gasteiger charge is -2.05. The second-order valence-corrected chi connectivity index (χ2v) is 4.15. The second kappa shape index (κ2) is 4.52. The topological polar surface area (TPSA) is 63.0 Å². The maximum absolute atomic E-state index is 11.4. The van der Waals surface area contributed by atoms with Crippen LogP contribution in [0.2, 0.25) is 0 Å². The van der Waals surface area contributed by atoms with Crippen LogP contribution in [0.1, 0.15) is 16.1 Å². The number of aromatic nitrogens is 1. The summed E-state index contributed by atoms with van der Waals surface area (Å²) in [6.07, 6.45) is 0. The molecule has 2 aromatic rings. The van der Waals surface area contributed by atoms with Crippen molar-refractivity contribution in [1.29, 1.82) is 5.26 Å². The molecule has 0 radical (unpaired) electrons. The van der Waals surface area contributed by atoms with E-state index in [4.69, 9.17) is 5.26 Å². The second-order valence-electron chi connectivity index (χ2n) is 3.29. The Morgan fingerprint density at radius 1 is 1.53 bits per heavy atom. The molecule has 1 aromatic heterocycles. The van der Waals surface area contributed by atoms with E-state index in [1.807, 2.05) is 12.1 Å². The maximum atomic E-state index is 11.4. The van der Waals surface area contributed by atoms with E-state index < -0.39 is 5.97 Å². The number of methoxy groups -OCH3 is 1. The fourth-order valence-electron chi connectivity index (χ4n) is 1.51. The first-order chi connectivity index (χ1) is 8.17. The van der Waals surface area contributed by atoms with Crippen molar-refractivity contribution in [1.82, 2.24) is 4.98 Å². The third kappa shape index (κ3) is 1.99. The van der Waals surface area contributed by atoms with Crippen LogP contribution in [0.3, 0.4) is 0 Å². The van der Waals surface area contributed by atoms with Crippen molar-refractivity contribution in [2.75, 3.05) is 7.11 Å². The van der Waals surface area contributed by atoms with Crippen LogP contribution in [0.15, 0.2) is 28.7 Å². The SMILES string of the molecule is COC(=O)c1cc(Br)c2cccc(C#N)c2n1. The molecule has 0 saturated heterocycles. The molecule has 0 bridgehead atoms. The van der Waals surface area contributed by atoms with Crippen molar-refractivity contribution in [3.8, 4) is 6.07 Å². The Hall–Kier alpha value is -1.93. The molecule has 4 nitrogen and oxygen atoms in total. The zero-order valence-electron chi connectivity index (χ0n) is 8.90. The molecule has 0 fully saturated rings. The summed E-state index contributed by atoms with van der Waals surface area (Å²) in [5.41, 5.74) is 1.09. The number of hydrogen-bond acceptors (Lipinski definition) is 4. The molecule has 0 spiro atoms. The third-order valence-electron chi connectivity index (χ3n) is 2.30. The Kier molecular flexibility index (Phi) is 3.07. The number of hydrogen-bond donors (Lipinski definition) is 0. The molecule has 0 aliphatic rings. The Balaban J connectivity index is 2.80. The fourth-order valence-corrected chi connectivity index (χ4v) is 2.04. The van der Waals surface area contributed by atoms with Crippen LogP contribution in [0.5, 0.6) is 0 Å². The van der Waals surface area contributed by atoms with Gasteiger partial charge in [-0.3, -0.25) is 0 Å². The Labute approximate surface area is 106 Å². The molecule has 0 amide bonds. The third-order valence-corrected chi connectivity index (χ3v) is 2.96. The lowest BCUT2D eigenvalue weighted by atomic mass is 10.1. The van der Waals surface area contributed by atoms with Crippen molar-refractivity contribution in [3.05, 3.63) is 40.0 Å². The van der Waals surface area contributed by atoms with Crippen molar-refractivity contribution in [2.45, 2.75) is 0 Å². The Bertz CT molecular complexity index is 647. The van der Waals surface area contributed by atoms with Gasteiger partial charge in [0.05, 0.1) is 18.2 Å². The molecule has 1 aromatic carbocycles. The van der Waals surface area contributed by atoms with E-state index >= 15 is 0 Å². The van der Waals surface area contributed by atoms with Crippen LogP contribution in [0.4, 0.5) is 0 Å². The minimum atomic E-state index is -0.527. The van der Waals surface area contributed by atoms with Gasteiger partial charge in [-0.2, -0.15) is 5.26 Å². The van der Waals surface area contributed by atoms with E-state index in [9.17, 15) is 4.79 Å². The quantitative estimate of drug-likeness (QED) is 0.758. The highest BCUT2D eigenvalue weighted by molar-refractivity contribution is 9.10. The zero-order chi connectivity index (χ0) is 12.4. The predicted molar refractivity (Wildman–Crippen MR) is 65.5 cm³/mol. The number of nitrogens with zero attached hydrogens (tertiary/aromatic N) is 2. The molecule has 0 N–H and O–H groups in total. The first kappa shape index (κ1) is 11.6. The average Bonchev–Trinajstić information content (AvgIpc) is 2.37. The van der Waals surface area contributed by atoms with Gasteiger partial charge in [0.25, 0.3) is 0 Å². The van der Waals surface area contributed by atoms with Gasteiger partial charge < -0.3 is 4.74 Å². The highest BCUT2D eigenvalue weighted by Gasteiger charge is 2.12. The van der Waals surface area contributed by atoms with Crippen LogP contribution in [0, 0.1) is 11.3 Å². The summed E-state index contributed by atoms with van der Waals surface area (Å²) in [5, 5.41) is 9.78. The molecule has 84 valence electrons. The summed E-state index contributed by atoms with van der Waals surface area (Å²) in [6, 6.07) is 8.88. The molecule has 0 aliphatic carbocycles. The summed E-state index contributed by atoms with van der Waals surface area (Å²) in [7, 11) is 1.29. The molecular weight excluding hydrogens is 284 g/mol. The standard InChI is InChI=1S/C12H7BrN2O2/c1-17-12(16)10-5-9(13)8-4-2-3-7(6-14)11(8)15-10/h2-5H,1H3. The smallest absolute Gasteiger partial charge is 0.356 e. The number of para-hydroxylation sites is 1. The van der Waals surface area contributed by atoms with E-state index in [1.54, 1.807) is 18.2 Å². The van der Waals surface area contributed by atoms with Gasteiger partial charge in [-0.1, -0.05) is 28.1 Å². The molecule has 1 heterocycles. The first-order valence-corrected chi connectivity index (χ1v) is 5.54. The van der Waals surface area contributed by atoms with Gasteiger partial charge in [-0.15, -0.1) is 0 Å². The number of ether oxygens (including phenoxy) is 1. The van der Waals surface area contributed by atoms with E-state index in [0.717, 1.165) is 5.39 Å². The summed E-state index contributed by atoms with van der Waals surface area (Å²) in [5.74, 6) is -0.527. The van der Waals surface area contributed by atoms with Crippen LogP contribution in [-0.2, 0) is 4.74 Å². The summed E-state index contributed by atoms with van der Waals surface area (Å²) in [4.78, 5) is 15.6. The number of carbonyl (C=O) groups is 1. The number of fused-ring (bicyclic) bond motifs is 1. The van der Waals surface area contributed by atoms with Gasteiger partial charge >= 0.3 is 5.97 Å². The monoisotopic (exact) mass is 290 g/mol. The Morgan fingerprint density at radius 2 is 2.29 bits per heavy atom. The number of carbonyl (C=O) groups excluding carboxylic acids is 1. The van der Waals surface area contributed by atoms with Crippen LogP contribution < -0.4 is 0 Å². The minimum Gasteiger partial charge on any atom is -0.464 e. The summed E-state index contributed by atoms with van der Waals surface area (Å²) >= 11 is 3.35. The molecule has 0 unspecified atom stereocenters. The Morgan fingerprint density at radius 3 is 2.94 bits per heavy atom. The molecule has 0 atom stereocenters. The fraction of sp³-hybridized carbons (Fsp3) is 0.0833. The lowest BCUT2D eigenvalue weighted by Crippen LogP contribution is -2.04. The van der Waals surface area contributed by atoms with Gasteiger partial charge in [0, 0.05) is 9.86 Å². The highest BCUT2D eigenvalue weighted by Crippen LogP contribution is 2.25. The van der Waals surface area contributed by atoms with Crippen molar-refractivity contribution >= 4 is 32.8 Å². The molecule has 0 saturated carbocycles. The van der Waals surface area contributed by atoms with Gasteiger partial charge in [-0.25, -0.2) is 9.78 Å². The molecular formula is C12H7BrN2O2. The van der Waals surface area contributed by atoms with Crippen molar-refractivity contribution in [2.24, 2.45) is 0 Å². The number of halogens is 1. The van der Waals surface area contributed by atoms with Crippen molar-refractivity contribution < 1.29 is 9.53 Å². The molecule has 0 aliphatic heterocycles. The largest absolute Gasteiger partial charge is 0.464 e. The van der Waals surface area contributed by atoms with Crippen LogP contribution in [-0.4, -0.2) is 18.1 Å². The van der Waals surface area contributed by atoms with Crippen molar-refractivity contribution in [3.63, 3.8) is 0 Å². The van der Waals surface area contributed by atoms with Gasteiger partial charge in [-0.05, 0) is 12.1 Å². The molecule has 17 heavy (non-hydrogen) atoms. The number of rotatable bonds is 1. The predicted octanol–water partition coefficient (Wildman–Crippen LogP) is 2.66. The number of nitriles is 1. The molecule has 5 heteroatoms. The first-order valence-electron chi connectivity index (χ1n) is 4.75. The van der Waals surface area contributed by atoms with Gasteiger partial charge in [0.1, 0.15) is 11.8 Å². The van der Waals surface area contributed by atoms with E-state index in [2.05, 4.69) is 25.7 Å². The van der Waals surface area contributed by atoms with Crippen LogP contribution in [0.25, 0.3) is 10.9 Å². The number of benzene rings is 1. The molecule has 2 rings (SSSR count). The van der Waals surface area contributed by atoms with E-state index in [1.165, 1.54) is 7.11 Å². The van der Waals surface area contributed by atoms with E-state index in [0.29, 0.717) is 15.6 Å². The number of esters is 1. The average molecular weight is 291 g/mol. The van der Waals surface area contributed by atoms with Gasteiger partial charge in [0.15, 0.2) is 0 Å². The lowest BCUT2D eigenvalue weighted by molar-refractivity contribution is 0.0594.